The van der Waals surface area contributed by atoms with Crippen LogP contribution in [0, 0.1) is 0 Å². The van der Waals surface area contributed by atoms with E-state index in [1.165, 1.54) is 43.7 Å². The van der Waals surface area contributed by atoms with Crippen LogP contribution in [0.25, 0.3) is 43.6 Å². The highest BCUT2D eigenvalue weighted by atomic mass is 35.5. The van der Waals surface area contributed by atoms with Gasteiger partial charge in [0.2, 0.25) is 0 Å². The minimum absolute atomic E-state index is 0.742. The van der Waals surface area contributed by atoms with Gasteiger partial charge in [0, 0.05) is 68.8 Å². The van der Waals surface area contributed by atoms with Gasteiger partial charge in [-0.2, -0.15) is 0 Å². The molecule has 0 radical (unpaired) electrons. The summed E-state index contributed by atoms with van der Waals surface area (Å²) in [6, 6.07) is 37.8. The monoisotopic (exact) mass is 696 g/mol. The summed E-state index contributed by atoms with van der Waals surface area (Å²) in [6.45, 7) is 4.86. The summed E-state index contributed by atoms with van der Waals surface area (Å²) >= 11 is 12.6. The first kappa shape index (κ1) is 32.5. The van der Waals surface area contributed by atoms with Crippen LogP contribution >= 0.6 is 23.2 Å². The highest BCUT2D eigenvalue weighted by molar-refractivity contribution is 6.30. The molecule has 4 heterocycles. The molecule has 6 nitrogen and oxygen atoms in total. The minimum Gasteiger partial charge on any atom is -0.335 e. The van der Waals surface area contributed by atoms with Crippen LogP contribution < -0.4 is 10.6 Å². The number of halogens is 2. The van der Waals surface area contributed by atoms with Gasteiger partial charge in [0.15, 0.2) is 0 Å². The van der Waals surface area contributed by atoms with Crippen LogP contribution in [0.2, 0.25) is 10.0 Å². The molecule has 0 saturated carbocycles. The molecule has 4 aromatic carbocycles. The first-order valence-electron chi connectivity index (χ1n) is 17.2. The SMILES string of the molecule is Clc1cccc(Cn2c3ccccc3c3cc(CNCCCCNCc4cc5c6ccccc6n(Cc6cccc(Cl)c6)c5cn4)ncc32)c1. The normalized spacial score (nSPS) is 11.8. The molecule has 2 N–H and O–H groups in total. The number of pyridine rings is 2. The third kappa shape index (κ3) is 6.85. The highest BCUT2D eigenvalue weighted by Crippen LogP contribution is 2.31. The maximum Gasteiger partial charge on any atom is 0.0681 e. The van der Waals surface area contributed by atoms with Crippen molar-refractivity contribution in [1.29, 1.82) is 0 Å². The minimum atomic E-state index is 0.742. The molecular formula is C42H38Cl2N6. The van der Waals surface area contributed by atoms with Gasteiger partial charge in [-0.25, -0.2) is 0 Å². The summed E-state index contributed by atoms with van der Waals surface area (Å²) in [7, 11) is 0. The van der Waals surface area contributed by atoms with E-state index in [2.05, 4.69) is 92.6 Å². The van der Waals surface area contributed by atoms with Crippen molar-refractivity contribution < 1.29 is 0 Å². The molecule has 0 aliphatic heterocycles. The highest BCUT2D eigenvalue weighted by Gasteiger charge is 2.14. The van der Waals surface area contributed by atoms with Gasteiger partial charge in [-0.15, -0.1) is 0 Å². The van der Waals surface area contributed by atoms with Crippen molar-refractivity contribution in [3.8, 4) is 0 Å². The van der Waals surface area contributed by atoms with Crippen LogP contribution in [-0.4, -0.2) is 32.2 Å². The van der Waals surface area contributed by atoms with Crippen molar-refractivity contribution in [2.45, 2.75) is 39.0 Å². The van der Waals surface area contributed by atoms with E-state index < -0.39 is 0 Å². The first-order valence-corrected chi connectivity index (χ1v) is 18.0. The van der Waals surface area contributed by atoms with Crippen molar-refractivity contribution in [2.75, 3.05) is 13.1 Å². The Morgan fingerprint density at radius 3 is 1.40 bits per heavy atom. The van der Waals surface area contributed by atoms with Crippen LogP contribution in [0.4, 0.5) is 0 Å². The predicted molar refractivity (Wildman–Crippen MR) is 208 cm³/mol. The number of nitrogens with one attached hydrogen (secondary N) is 2. The number of aromatic nitrogens is 4. The molecule has 50 heavy (non-hydrogen) atoms. The molecule has 0 aliphatic rings. The lowest BCUT2D eigenvalue weighted by atomic mass is 10.1. The van der Waals surface area contributed by atoms with Gasteiger partial charge in [-0.05, 0) is 85.6 Å². The molecule has 8 rings (SSSR count). The molecule has 0 bridgehead atoms. The number of hydrogen-bond acceptors (Lipinski definition) is 4. The Labute approximate surface area is 301 Å². The molecule has 8 heteroatoms. The quantitative estimate of drug-likeness (QED) is 0.118. The molecular weight excluding hydrogens is 659 g/mol. The van der Waals surface area contributed by atoms with E-state index in [9.17, 15) is 0 Å². The number of para-hydroxylation sites is 2. The summed E-state index contributed by atoms with van der Waals surface area (Å²) < 4.78 is 4.67. The maximum absolute atomic E-state index is 6.28. The van der Waals surface area contributed by atoms with Crippen molar-refractivity contribution in [3.05, 3.63) is 154 Å². The van der Waals surface area contributed by atoms with Gasteiger partial charge in [-0.3, -0.25) is 9.97 Å². The van der Waals surface area contributed by atoms with E-state index in [1.54, 1.807) is 0 Å². The van der Waals surface area contributed by atoms with E-state index >= 15 is 0 Å². The molecule has 0 aliphatic carbocycles. The second-order valence-electron chi connectivity index (χ2n) is 12.9. The Bertz CT molecular complexity index is 2270. The van der Waals surface area contributed by atoms with Gasteiger partial charge < -0.3 is 19.8 Å². The molecule has 0 fully saturated rings. The summed E-state index contributed by atoms with van der Waals surface area (Å²) in [5.41, 5.74) is 9.14. The smallest absolute Gasteiger partial charge is 0.0681 e. The van der Waals surface area contributed by atoms with Crippen LogP contribution in [0.3, 0.4) is 0 Å². The van der Waals surface area contributed by atoms with Crippen LogP contribution in [0.15, 0.2) is 122 Å². The second-order valence-corrected chi connectivity index (χ2v) is 13.8. The van der Waals surface area contributed by atoms with E-state index in [0.29, 0.717) is 0 Å². The number of rotatable bonds is 13. The Balaban J connectivity index is 0.846. The Hall–Kier alpha value is -4.72. The fraction of sp³-hybridized carbons (Fsp3) is 0.190. The second kappa shape index (κ2) is 14.6. The summed E-state index contributed by atoms with van der Waals surface area (Å²) in [5.74, 6) is 0. The molecule has 250 valence electrons. The average molecular weight is 698 g/mol. The van der Waals surface area contributed by atoms with Gasteiger partial charge >= 0.3 is 0 Å². The fourth-order valence-electron chi connectivity index (χ4n) is 7.08. The van der Waals surface area contributed by atoms with E-state index in [1.807, 2.05) is 48.8 Å². The van der Waals surface area contributed by atoms with Gasteiger partial charge in [0.25, 0.3) is 0 Å². The third-order valence-corrected chi connectivity index (χ3v) is 9.93. The zero-order valence-corrected chi connectivity index (χ0v) is 29.3. The van der Waals surface area contributed by atoms with Crippen LogP contribution in [0.5, 0.6) is 0 Å². The zero-order chi connectivity index (χ0) is 33.9. The van der Waals surface area contributed by atoms with Crippen LogP contribution in [-0.2, 0) is 26.2 Å². The summed E-state index contributed by atoms with van der Waals surface area (Å²) in [5, 5.41) is 13.7. The lowest BCUT2D eigenvalue weighted by Gasteiger charge is -2.09. The lowest BCUT2D eigenvalue weighted by molar-refractivity contribution is 0.576. The number of unbranched alkanes of at least 4 members (excludes halogenated alkanes) is 1. The number of hydrogen-bond donors (Lipinski definition) is 2. The average Bonchev–Trinajstić information content (AvgIpc) is 3.61. The van der Waals surface area contributed by atoms with Gasteiger partial charge in [-0.1, -0.05) is 83.9 Å². The van der Waals surface area contributed by atoms with Crippen molar-refractivity contribution in [3.63, 3.8) is 0 Å². The fourth-order valence-corrected chi connectivity index (χ4v) is 7.51. The topological polar surface area (TPSA) is 59.7 Å². The molecule has 0 unspecified atom stereocenters. The molecule has 0 amide bonds. The molecule has 0 saturated heterocycles. The maximum atomic E-state index is 6.28. The predicted octanol–water partition coefficient (Wildman–Crippen LogP) is 9.76. The standard InChI is InChI=1S/C42H38Cl2N6/c43-31-11-7-9-29(19-31)27-49-39-15-3-1-13-35(39)37-21-33(47-25-41(37)49)23-45-17-5-6-18-46-24-34-22-38-36-14-2-4-16-40(36)50(42(38)26-48-34)28-30-10-8-12-32(44)20-30/h1-4,7-16,19-22,25-26,45-46H,5-6,17-18,23-24,27-28H2. The Morgan fingerprint density at radius 2 is 0.940 bits per heavy atom. The summed E-state index contributed by atoms with van der Waals surface area (Å²) in [4.78, 5) is 9.67. The van der Waals surface area contributed by atoms with Crippen molar-refractivity contribution in [2.24, 2.45) is 0 Å². The van der Waals surface area contributed by atoms with Gasteiger partial charge in [0.05, 0.1) is 34.8 Å². The molecule has 0 spiro atoms. The Kier molecular flexibility index (Phi) is 9.51. The van der Waals surface area contributed by atoms with Crippen molar-refractivity contribution >= 4 is 66.8 Å². The molecule has 4 aromatic heterocycles. The lowest BCUT2D eigenvalue weighted by Crippen LogP contribution is -2.19. The number of fused-ring (bicyclic) bond motifs is 6. The molecule has 8 aromatic rings. The Morgan fingerprint density at radius 1 is 0.480 bits per heavy atom. The summed E-state index contributed by atoms with van der Waals surface area (Å²) in [6.07, 6.45) is 6.20. The zero-order valence-electron chi connectivity index (χ0n) is 27.7. The van der Waals surface area contributed by atoms with Crippen LogP contribution in [0.1, 0.15) is 35.4 Å². The van der Waals surface area contributed by atoms with E-state index in [0.717, 1.165) is 84.6 Å². The number of benzene rings is 4. The van der Waals surface area contributed by atoms with E-state index in [4.69, 9.17) is 33.2 Å². The third-order valence-electron chi connectivity index (χ3n) is 9.46. The van der Waals surface area contributed by atoms with Crippen molar-refractivity contribution in [1.82, 2.24) is 29.7 Å². The largest absolute Gasteiger partial charge is 0.335 e. The van der Waals surface area contributed by atoms with E-state index in [-0.39, 0.29) is 0 Å². The van der Waals surface area contributed by atoms with Gasteiger partial charge in [0.1, 0.15) is 0 Å². The molecule has 0 atom stereocenters. The number of nitrogens with zero attached hydrogens (tertiary/aromatic N) is 4. The first-order chi connectivity index (χ1) is 24.6.